The zero-order chi connectivity index (χ0) is 24.0. The summed E-state index contributed by atoms with van der Waals surface area (Å²) >= 11 is 0. The fraction of sp³-hybridized carbons (Fsp3) is 0.429. The summed E-state index contributed by atoms with van der Waals surface area (Å²) in [5.41, 5.74) is 1.24. The highest BCUT2D eigenvalue weighted by Gasteiger charge is 2.36. The van der Waals surface area contributed by atoms with Gasteiger partial charge in [-0.15, -0.1) is 0 Å². The molecule has 2 N–H and O–H groups in total. The van der Waals surface area contributed by atoms with Crippen molar-refractivity contribution in [2.24, 2.45) is 0 Å². The van der Waals surface area contributed by atoms with Crippen molar-refractivity contribution in [2.45, 2.75) is 49.8 Å². The van der Waals surface area contributed by atoms with E-state index in [1.54, 1.807) is 30.3 Å². The van der Waals surface area contributed by atoms with Gasteiger partial charge in [0.25, 0.3) is 10.0 Å². The lowest BCUT2D eigenvalue weighted by molar-refractivity contribution is 0.217. The molecule has 4 rings (SSSR count). The molecule has 1 saturated carbocycles. The van der Waals surface area contributed by atoms with Gasteiger partial charge in [0.1, 0.15) is 12.1 Å². The molecular formula is C21H27N5O5S2. The molecule has 0 radical (unpaired) electrons. The van der Waals surface area contributed by atoms with Gasteiger partial charge in [-0.25, -0.2) is 35.5 Å². The Balaban J connectivity index is 1.55. The zero-order valence-electron chi connectivity index (χ0n) is 18.6. The number of anilines is 1. The fourth-order valence-electron chi connectivity index (χ4n) is 4.01. The molecule has 1 aliphatic rings. The van der Waals surface area contributed by atoms with Crippen molar-refractivity contribution < 1.29 is 21.9 Å². The highest BCUT2D eigenvalue weighted by atomic mass is 32.2. The van der Waals surface area contributed by atoms with Crippen LogP contribution >= 0.6 is 0 Å². The number of aliphatic hydroxyl groups is 1. The molecule has 0 aliphatic heterocycles. The van der Waals surface area contributed by atoms with Crippen molar-refractivity contribution >= 4 is 36.9 Å². The van der Waals surface area contributed by atoms with E-state index < -0.39 is 26.2 Å². The molecule has 1 aliphatic carbocycles. The SMILES string of the molecule is Cc1ccc(S(=O)(=O)n2ccc3c(N(C)C4CC(NS(=O)(=O)C[C@H](C)O)C4)ncnc32)cc1. The first-order valence-electron chi connectivity index (χ1n) is 10.5. The molecule has 10 nitrogen and oxygen atoms in total. The summed E-state index contributed by atoms with van der Waals surface area (Å²) < 4.78 is 54.2. The summed E-state index contributed by atoms with van der Waals surface area (Å²) in [6.07, 6.45) is 3.01. The van der Waals surface area contributed by atoms with Gasteiger partial charge in [-0.05, 0) is 44.9 Å². The average molecular weight is 494 g/mol. The molecule has 12 heteroatoms. The van der Waals surface area contributed by atoms with E-state index in [2.05, 4.69) is 14.7 Å². The van der Waals surface area contributed by atoms with Crippen LogP contribution in [0.25, 0.3) is 11.0 Å². The van der Waals surface area contributed by atoms with Gasteiger partial charge in [0.15, 0.2) is 5.65 Å². The van der Waals surface area contributed by atoms with Crippen LogP contribution in [0.4, 0.5) is 5.82 Å². The molecule has 0 saturated heterocycles. The Morgan fingerprint density at radius 1 is 1.15 bits per heavy atom. The van der Waals surface area contributed by atoms with Crippen LogP contribution in [-0.4, -0.2) is 66.9 Å². The Hall–Kier alpha value is -2.54. The molecule has 3 aromatic rings. The molecule has 0 spiro atoms. The van der Waals surface area contributed by atoms with E-state index in [1.165, 1.54) is 19.4 Å². The van der Waals surface area contributed by atoms with Crippen LogP contribution in [0.15, 0.2) is 47.8 Å². The minimum atomic E-state index is -3.82. The Morgan fingerprint density at radius 3 is 2.45 bits per heavy atom. The number of aromatic nitrogens is 3. The Morgan fingerprint density at radius 2 is 1.82 bits per heavy atom. The largest absolute Gasteiger partial charge is 0.392 e. The number of hydrogen-bond acceptors (Lipinski definition) is 8. The van der Waals surface area contributed by atoms with Crippen molar-refractivity contribution in [2.75, 3.05) is 17.7 Å². The van der Waals surface area contributed by atoms with Crippen molar-refractivity contribution in [3.8, 4) is 0 Å². The third-order valence-corrected chi connectivity index (χ3v) is 9.10. The molecule has 0 amide bonds. The standard InChI is InChI=1S/C21H27N5O5S2/c1-14-4-6-18(7-5-14)33(30,31)26-9-8-19-20(22-13-23-21(19)26)25(3)17-10-16(11-17)24-32(28,29)12-15(2)27/h4-9,13,15-17,24,27H,10-12H2,1-3H3/t15-,16?,17?/m0/s1. The minimum absolute atomic E-state index is 0.0272. The number of aliphatic hydroxyl groups excluding tert-OH is 1. The van der Waals surface area contributed by atoms with Gasteiger partial charge >= 0.3 is 0 Å². The first-order valence-corrected chi connectivity index (χ1v) is 13.6. The van der Waals surface area contributed by atoms with Gasteiger partial charge < -0.3 is 10.0 Å². The van der Waals surface area contributed by atoms with E-state index in [9.17, 15) is 21.9 Å². The minimum Gasteiger partial charge on any atom is -0.392 e. The smallest absolute Gasteiger partial charge is 0.269 e. The lowest BCUT2D eigenvalue weighted by Gasteiger charge is -2.42. The monoisotopic (exact) mass is 493 g/mol. The van der Waals surface area contributed by atoms with Crippen molar-refractivity contribution in [3.05, 3.63) is 48.4 Å². The number of hydrogen-bond donors (Lipinski definition) is 2. The fourth-order valence-corrected chi connectivity index (χ4v) is 6.74. The van der Waals surface area contributed by atoms with Crippen LogP contribution in [0.1, 0.15) is 25.3 Å². The van der Waals surface area contributed by atoms with Gasteiger partial charge in [0.05, 0.1) is 22.1 Å². The van der Waals surface area contributed by atoms with Gasteiger partial charge in [0, 0.05) is 25.3 Å². The maximum atomic E-state index is 13.2. The van der Waals surface area contributed by atoms with Crippen LogP contribution in [-0.2, 0) is 20.0 Å². The van der Waals surface area contributed by atoms with E-state index >= 15 is 0 Å². The second-order valence-electron chi connectivity index (χ2n) is 8.55. The quantitative estimate of drug-likeness (QED) is 0.479. The second-order valence-corrected chi connectivity index (χ2v) is 12.2. The molecule has 0 bridgehead atoms. The normalized spacial score (nSPS) is 19.9. The molecule has 1 fully saturated rings. The predicted molar refractivity (Wildman–Crippen MR) is 125 cm³/mol. The Kier molecular flexibility index (Phi) is 6.20. The van der Waals surface area contributed by atoms with Gasteiger partial charge in [-0.3, -0.25) is 0 Å². The van der Waals surface area contributed by atoms with Crippen molar-refractivity contribution in [1.29, 1.82) is 0 Å². The molecule has 0 unspecified atom stereocenters. The molecule has 33 heavy (non-hydrogen) atoms. The number of nitrogens with one attached hydrogen (secondary N) is 1. The first kappa shape index (κ1) is 23.6. The van der Waals surface area contributed by atoms with Crippen LogP contribution in [0.5, 0.6) is 0 Å². The number of sulfonamides is 1. The maximum absolute atomic E-state index is 13.2. The van der Waals surface area contributed by atoms with E-state index in [-0.39, 0.29) is 28.4 Å². The second kappa shape index (κ2) is 8.67. The number of aryl methyl sites for hydroxylation is 1. The molecule has 1 atom stereocenters. The Bertz CT molecular complexity index is 1360. The lowest BCUT2D eigenvalue weighted by atomic mass is 9.86. The van der Waals surface area contributed by atoms with Crippen LogP contribution in [0, 0.1) is 6.92 Å². The molecular weight excluding hydrogens is 466 g/mol. The summed E-state index contributed by atoms with van der Waals surface area (Å²) in [6.45, 7) is 3.32. The van der Waals surface area contributed by atoms with E-state index in [0.29, 0.717) is 24.0 Å². The first-order chi connectivity index (χ1) is 15.5. The molecule has 178 valence electrons. The topological polar surface area (TPSA) is 134 Å². The summed E-state index contributed by atoms with van der Waals surface area (Å²) in [7, 11) is -5.52. The van der Waals surface area contributed by atoms with Crippen LogP contribution in [0.2, 0.25) is 0 Å². The number of rotatable bonds is 8. The van der Waals surface area contributed by atoms with E-state index in [4.69, 9.17) is 0 Å². The molecule has 2 heterocycles. The summed E-state index contributed by atoms with van der Waals surface area (Å²) in [4.78, 5) is 10.7. The maximum Gasteiger partial charge on any atom is 0.269 e. The van der Waals surface area contributed by atoms with Crippen LogP contribution in [0.3, 0.4) is 0 Å². The van der Waals surface area contributed by atoms with E-state index in [1.807, 2.05) is 18.9 Å². The van der Waals surface area contributed by atoms with E-state index in [0.717, 1.165) is 9.54 Å². The highest BCUT2D eigenvalue weighted by Crippen LogP contribution is 2.33. The Labute approximate surface area is 193 Å². The third-order valence-electron chi connectivity index (χ3n) is 5.81. The lowest BCUT2D eigenvalue weighted by Crippen LogP contribution is -2.54. The average Bonchev–Trinajstić information content (AvgIpc) is 3.14. The number of fused-ring (bicyclic) bond motifs is 1. The van der Waals surface area contributed by atoms with Crippen LogP contribution < -0.4 is 9.62 Å². The summed E-state index contributed by atoms with van der Waals surface area (Å²) in [6, 6.07) is 8.11. The molecule has 2 aromatic heterocycles. The third kappa shape index (κ3) is 4.74. The van der Waals surface area contributed by atoms with Crippen molar-refractivity contribution in [1.82, 2.24) is 18.7 Å². The predicted octanol–water partition coefficient (Wildman–Crippen LogP) is 1.24. The summed E-state index contributed by atoms with van der Waals surface area (Å²) in [5, 5.41) is 9.93. The zero-order valence-corrected chi connectivity index (χ0v) is 20.2. The number of nitrogens with zero attached hydrogens (tertiary/aromatic N) is 4. The van der Waals surface area contributed by atoms with Gasteiger partial charge in [0.2, 0.25) is 10.0 Å². The van der Waals surface area contributed by atoms with Crippen molar-refractivity contribution in [3.63, 3.8) is 0 Å². The summed E-state index contributed by atoms with van der Waals surface area (Å²) in [5.74, 6) is 0.243. The van der Waals surface area contributed by atoms with Gasteiger partial charge in [-0.1, -0.05) is 17.7 Å². The molecule has 1 aromatic carbocycles. The highest BCUT2D eigenvalue weighted by molar-refractivity contribution is 7.90. The van der Waals surface area contributed by atoms with Gasteiger partial charge in [-0.2, -0.15) is 0 Å². The number of benzene rings is 1.